The second-order valence-corrected chi connectivity index (χ2v) is 5.49. The Labute approximate surface area is 126 Å². The topological polar surface area (TPSA) is 59.4 Å². The number of hydrogen-bond acceptors (Lipinski definition) is 4. The zero-order chi connectivity index (χ0) is 15.2. The highest BCUT2D eigenvalue weighted by atomic mass is 16.2. The predicted molar refractivity (Wildman–Crippen MR) is 83.2 cm³/mol. The number of amides is 1. The van der Waals surface area contributed by atoms with Gasteiger partial charge in [-0.1, -0.05) is 12.1 Å². The monoisotopic (exact) mass is 286 g/mol. The molecular formula is C16H22N4O. The zero-order valence-corrected chi connectivity index (χ0v) is 12.7. The first-order chi connectivity index (χ1) is 10.1. The first kappa shape index (κ1) is 15.3. The second kappa shape index (κ2) is 7.09. The van der Waals surface area contributed by atoms with Crippen LogP contribution in [0.2, 0.25) is 0 Å². The second-order valence-electron chi connectivity index (χ2n) is 5.49. The van der Waals surface area contributed by atoms with Crippen LogP contribution in [0.25, 0.3) is 0 Å². The number of aryl methyl sites for hydroxylation is 2. The van der Waals surface area contributed by atoms with Crippen molar-refractivity contribution in [2.45, 2.75) is 13.8 Å². The summed E-state index contributed by atoms with van der Waals surface area (Å²) in [6, 6.07) is 8.44. The van der Waals surface area contributed by atoms with E-state index in [9.17, 15) is 4.79 Å². The molecule has 0 bridgehead atoms. The summed E-state index contributed by atoms with van der Waals surface area (Å²) in [6.07, 6.45) is 0. The van der Waals surface area contributed by atoms with Gasteiger partial charge in [-0.2, -0.15) is 5.26 Å². The van der Waals surface area contributed by atoms with Gasteiger partial charge in [0.25, 0.3) is 0 Å². The van der Waals surface area contributed by atoms with Crippen molar-refractivity contribution >= 4 is 11.6 Å². The lowest BCUT2D eigenvalue weighted by Crippen LogP contribution is -2.49. The summed E-state index contributed by atoms with van der Waals surface area (Å²) in [5.74, 6) is -0.0725. The largest absolute Gasteiger partial charge is 0.369 e. The molecular weight excluding hydrogens is 264 g/mol. The third-order valence-electron chi connectivity index (χ3n) is 3.81. The number of nitrogens with one attached hydrogen (secondary N) is 1. The molecule has 1 saturated heterocycles. The van der Waals surface area contributed by atoms with Gasteiger partial charge in [-0.15, -0.1) is 0 Å². The molecule has 0 radical (unpaired) electrons. The Balaban J connectivity index is 1.87. The lowest BCUT2D eigenvalue weighted by Gasteiger charge is -2.36. The van der Waals surface area contributed by atoms with Crippen LogP contribution in [0.15, 0.2) is 18.2 Å². The van der Waals surface area contributed by atoms with Gasteiger partial charge in [-0.05, 0) is 31.0 Å². The van der Waals surface area contributed by atoms with Crippen molar-refractivity contribution < 1.29 is 4.79 Å². The minimum atomic E-state index is -0.0725. The van der Waals surface area contributed by atoms with E-state index in [1.165, 1.54) is 16.8 Å². The molecule has 1 aliphatic heterocycles. The molecule has 1 fully saturated rings. The maximum atomic E-state index is 11.6. The van der Waals surface area contributed by atoms with Crippen molar-refractivity contribution in [2.75, 3.05) is 44.2 Å². The Kier molecular flexibility index (Phi) is 5.18. The lowest BCUT2D eigenvalue weighted by atomic mass is 10.1. The van der Waals surface area contributed by atoms with Crippen LogP contribution >= 0.6 is 0 Å². The number of hydrogen-bond donors (Lipinski definition) is 1. The molecule has 5 nitrogen and oxygen atoms in total. The van der Waals surface area contributed by atoms with Gasteiger partial charge in [0.15, 0.2) is 0 Å². The number of nitriles is 1. The van der Waals surface area contributed by atoms with Crippen molar-refractivity contribution in [1.82, 2.24) is 10.2 Å². The summed E-state index contributed by atoms with van der Waals surface area (Å²) < 4.78 is 0. The molecule has 0 atom stereocenters. The molecule has 0 saturated carbocycles. The van der Waals surface area contributed by atoms with Crippen molar-refractivity contribution in [2.24, 2.45) is 0 Å². The molecule has 1 aliphatic rings. The van der Waals surface area contributed by atoms with Crippen LogP contribution in [0.5, 0.6) is 0 Å². The van der Waals surface area contributed by atoms with Crippen LogP contribution in [-0.4, -0.2) is 50.1 Å². The van der Waals surface area contributed by atoms with E-state index < -0.39 is 0 Å². The van der Waals surface area contributed by atoms with E-state index in [0.717, 1.165) is 26.2 Å². The van der Waals surface area contributed by atoms with E-state index in [2.05, 4.69) is 47.2 Å². The van der Waals surface area contributed by atoms with E-state index in [4.69, 9.17) is 5.26 Å². The molecule has 1 N–H and O–H groups in total. The van der Waals surface area contributed by atoms with Crippen molar-refractivity contribution in [1.29, 1.82) is 5.26 Å². The molecule has 0 spiro atoms. The quantitative estimate of drug-likeness (QED) is 0.841. The number of carbonyl (C=O) groups excluding carboxylic acids is 1. The summed E-state index contributed by atoms with van der Waals surface area (Å²) in [5, 5.41) is 11.0. The van der Waals surface area contributed by atoms with Crippen molar-refractivity contribution in [3.63, 3.8) is 0 Å². The average molecular weight is 286 g/mol. The van der Waals surface area contributed by atoms with Crippen molar-refractivity contribution in [3.05, 3.63) is 29.3 Å². The van der Waals surface area contributed by atoms with Gasteiger partial charge in [0.2, 0.25) is 5.91 Å². The van der Waals surface area contributed by atoms with Gasteiger partial charge in [-0.3, -0.25) is 9.69 Å². The summed E-state index contributed by atoms with van der Waals surface area (Å²) in [7, 11) is 0. The zero-order valence-electron chi connectivity index (χ0n) is 12.7. The molecule has 0 unspecified atom stereocenters. The van der Waals surface area contributed by atoms with Gasteiger partial charge in [-0.25, -0.2) is 0 Å². The number of anilines is 1. The van der Waals surface area contributed by atoms with E-state index in [0.29, 0.717) is 6.54 Å². The van der Waals surface area contributed by atoms with Crippen LogP contribution in [0.3, 0.4) is 0 Å². The maximum Gasteiger partial charge on any atom is 0.235 e. The van der Waals surface area contributed by atoms with Gasteiger partial charge >= 0.3 is 0 Å². The third kappa shape index (κ3) is 4.20. The number of piperazine rings is 1. The summed E-state index contributed by atoms with van der Waals surface area (Å²) >= 11 is 0. The van der Waals surface area contributed by atoms with E-state index in [-0.39, 0.29) is 12.5 Å². The van der Waals surface area contributed by atoms with Crippen molar-refractivity contribution in [3.8, 4) is 6.07 Å². The molecule has 21 heavy (non-hydrogen) atoms. The highest BCUT2D eigenvalue weighted by Gasteiger charge is 2.20. The predicted octanol–water partition coefficient (Wildman–Crippen LogP) is 1.07. The Bertz CT molecular complexity index is 542. The normalized spacial score (nSPS) is 15.6. The minimum Gasteiger partial charge on any atom is -0.369 e. The average Bonchev–Trinajstić information content (AvgIpc) is 2.48. The van der Waals surface area contributed by atoms with E-state index in [1.807, 2.05) is 6.07 Å². The maximum absolute atomic E-state index is 11.6. The summed E-state index contributed by atoms with van der Waals surface area (Å²) in [5.41, 5.74) is 3.86. The summed E-state index contributed by atoms with van der Waals surface area (Å²) in [6.45, 7) is 8.30. The third-order valence-corrected chi connectivity index (χ3v) is 3.81. The highest BCUT2D eigenvalue weighted by Crippen LogP contribution is 2.22. The fraction of sp³-hybridized carbons (Fsp3) is 0.500. The van der Waals surface area contributed by atoms with Crippen LogP contribution in [0.1, 0.15) is 11.1 Å². The van der Waals surface area contributed by atoms with Crippen LogP contribution in [-0.2, 0) is 4.79 Å². The highest BCUT2D eigenvalue weighted by molar-refractivity contribution is 5.78. The molecule has 1 aromatic rings. The molecule has 0 aliphatic carbocycles. The Hall–Kier alpha value is -2.06. The van der Waals surface area contributed by atoms with Gasteiger partial charge in [0.05, 0.1) is 12.6 Å². The fourth-order valence-electron chi connectivity index (χ4n) is 2.60. The molecule has 1 heterocycles. The minimum absolute atomic E-state index is 0.0725. The first-order valence-corrected chi connectivity index (χ1v) is 7.28. The Morgan fingerprint density at radius 3 is 2.67 bits per heavy atom. The van der Waals surface area contributed by atoms with Crippen LogP contribution in [0.4, 0.5) is 5.69 Å². The lowest BCUT2D eigenvalue weighted by molar-refractivity contribution is -0.122. The van der Waals surface area contributed by atoms with E-state index in [1.54, 1.807) is 0 Å². The number of benzene rings is 1. The van der Waals surface area contributed by atoms with E-state index >= 15 is 0 Å². The summed E-state index contributed by atoms with van der Waals surface area (Å²) in [4.78, 5) is 16.1. The standard InChI is InChI=1S/C16H22N4O/c1-13-3-4-14(2)15(11-13)20-9-7-19(8-10-20)12-16(21)18-6-5-17/h3-4,11H,6-10,12H2,1-2H3,(H,18,21). The smallest absolute Gasteiger partial charge is 0.235 e. The Morgan fingerprint density at radius 2 is 2.00 bits per heavy atom. The molecule has 112 valence electrons. The van der Waals surface area contributed by atoms with Gasteiger partial charge in [0, 0.05) is 31.9 Å². The number of carbonyl (C=O) groups is 1. The molecule has 5 heteroatoms. The molecule has 2 rings (SSSR count). The fourth-order valence-corrected chi connectivity index (χ4v) is 2.60. The van der Waals surface area contributed by atoms with Crippen LogP contribution in [0, 0.1) is 25.2 Å². The van der Waals surface area contributed by atoms with Crippen LogP contribution < -0.4 is 10.2 Å². The molecule has 1 aromatic carbocycles. The first-order valence-electron chi connectivity index (χ1n) is 7.28. The Morgan fingerprint density at radius 1 is 1.29 bits per heavy atom. The SMILES string of the molecule is Cc1ccc(C)c(N2CCN(CC(=O)NCC#N)CC2)c1. The number of rotatable bonds is 4. The number of nitrogens with zero attached hydrogens (tertiary/aromatic N) is 3. The molecule has 0 aromatic heterocycles. The van der Waals surface area contributed by atoms with Gasteiger partial charge < -0.3 is 10.2 Å². The molecule has 1 amide bonds. The van der Waals surface area contributed by atoms with Gasteiger partial charge in [0.1, 0.15) is 6.54 Å².